The fraction of sp³-hybridized carbons (Fsp3) is 0.500. The zero-order valence-corrected chi connectivity index (χ0v) is 10.6. The van der Waals surface area contributed by atoms with Crippen molar-refractivity contribution in [2.75, 3.05) is 13.1 Å². The number of nitrogens with zero attached hydrogens (tertiary/aromatic N) is 2. The smallest absolute Gasteiger partial charge is 0.130 e. The predicted molar refractivity (Wildman–Crippen MR) is 70.4 cm³/mol. The van der Waals surface area contributed by atoms with Gasteiger partial charge in [0.1, 0.15) is 5.67 Å². The topological polar surface area (TPSA) is 29.9 Å². The van der Waals surface area contributed by atoms with E-state index in [0.717, 1.165) is 29.7 Å². The molecule has 1 aromatic carbocycles. The zero-order chi connectivity index (χ0) is 12.6. The Kier molecular flexibility index (Phi) is 2.82. The van der Waals surface area contributed by atoms with Crippen LogP contribution in [0.1, 0.15) is 19.0 Å². The second-order valence-electron chi connectivity index (χ2n) is 5.03. The lowest BCUT2D eigenvalue weighted by Crippen LogP contribution is -2.29. The molecule has 1 aliphatic rings. The summed E-state index contributed by atoms with van der Waals surface area (Å²) in [6.07, 6.45) is 0.994. The molecule has 0 spiro atoms. The van der Waals surface area contributed by atoms with E-state index in [1.807, 2.05) is 28.9 Å². The second-order valence-corrected chi connectivity index (χ2v) is 5.03. The number of aryl methyl sites for hydroxylation is 1. The molecule has 3 rings (SSSR count). The average Bonchev–Trinajstić information content (AvgIpc) is 2.95. The van der Waals surface area contributed by atoms with Gasteiger partial charge < -0.3 is 5.32 Å². The summed E-state index contributed by atoms with van der Waals surface area (Å²) in [4.78, 5) is 0. The van der Waals surface area contributed by atoms with Crippen LogP contribution in [0.5, 0.6) is 0 Å². The first-order chi connectivity index (χ1) is 8.72. The van der Waals surface area contributed by atoms with E-state index in [9.17, 15) is 4.39 Å². The fourth-order valence-electron chi connectivity index (χ4n) is 2.73. The minimum atomic E-state index is -1.13. The molecule has 1 saturated heterocycles. The molecule has 1 N–H and O–H groups in total. The van der Waals surface area contributed by atoms with Crippen molar-refractivity contribution in [3.8, 4) is 0 Å². The number of rotatable bonds is 3. The van der Waals surface area contributed by atoms with Gasteiger partial charge in [0.2, 0.25) is 0 Å². The summed E-state index contributed by atoms with van der Waals surface area (Å²) < 4.78 is 16.5. The third-order valence-corrected chi connectivity index (χ3v) is 3.71. The van der Waals surface area contributed by atoms with Crippen molar-refractivity contribution in [1.82, 2.24) is 15.1 Å². The Labute approximate surface area is 106 Å². The molecule has 2 heterocycles. The van der Waals surface area contributed by atoms with Gasteiger partial charge >= 0.3 is 0 Å². The maximum atomic E-state index is 14.5. The van der Waals surface area contributed by atoms with Gasteiger partial charge in [0, 0.05) is 24.9 Å². The fourth-order valence-corrected chi connectivity index (χ4v) is 2.73. The van der Waals surface area contributed by atoms with Gasteiger partial charge in [-0.05, 0) is 26.0 Å². The van der Waals surface area contributed by atoms with E-state index in [4.69, 9.17) is 0 Å². The monoisotopic (exact) mass is 247 g/mol. The van der Waals surface area contributed by atoms with Gasteiger partial charge in [-0.2, -0.15) is 5.10 Å². The molecule has 0 bridgehead atoms. The van der Waals surface area contributed by atoms with Crippen molar-refractivity contribution in [1.29, 1.82) is 0 Å². The number of hydrogen-bond donors (Lipinski definition) is 1. The number of halogens is 1. The highest BCUT2D eigenvalue weighted by Gasteiger charge is 2.35. The molecular formula is C14H18FN3. The third kappa shape index (κ3) is 1.90. The largest absolute Gasteiger partial charge is 0.313 e. The van der Waals surface area contributed by atoms with E-state index >= 15 is 0 Å². The average molecular weight is 247 g/mol. The molecule has 0 saturated carbocycles. The molecule has 96 valence electrons. The summed E-state index contributed by atoms with van der Waals surface area (Å²) in [6.45, 7) is 4.09. The molecule has 0 amide bonds. The lowest BCUT2D eigenvalue weighted by molar-refractivity contribution is 0.189. The standard InChI is InChI=1S/C14H18FN3/c1-2-18-13-6-4-3-5-11(13)12(17-18)9-14(15)7-8-16-10-14/h3-6,16H,2,7-10H2,1H3. The first kappa shape index (κ1) is 11.7. The van der Waals surface area contributed by atoms with Crippen molar-refractivity contribution >= 4 is 10.9 Å². The van der Waals surface area contributed by atoms with Crippen molar-refractivity contribution in [3.05, 3.63) is 30.0 Å². The van der Waals surface area contributed by atoms with E-state index in [-0.39, 0.29) is 0 Å². The van der Waals surface area contributed by atoms with Gasteiger partial charge in [-0.25, -0.2) is 4.39 Å². The van der Waals surface area contributed by atoms with Crippen LogP contribution in [-0.2, 0) is 13.0 Å². The van der Waals surface area contributed by atoms with Gasteiger partial charge in [0.15, 0.2) is 0 Å². The van der Waals surface area contributed by atoms with Crippen LogP contribution in [0.15, 0.2) is 24.3 Å². The normalized spacial score (nSPS) is 23.9. The number of fused-ring (bicyclic) bond motifs is 1. The Balaban J connectivity index is 2.01. The van der Waals surface area contributed by atoms with Gasteiger partial charge in [0.05, 0.1) is 11.2 Å². The highest BCUT2D eigenvalue weighted by molar-refractivity contribution is 5.82. The number of hydrogen-bond acceptors (Lipinski definition) is 2. The highest BCUT2D eigenvalue weighted by Crippen LogP contribution is 2.28. The summed E-state index contributed by atoms with van der Waals surface area (Å²) in [5, 5.41) is 8.74. The Hall–Kier alpha value is -1.42. The van der Waals surface area contributed by atoms with E-state index in [1.54, 1.807) is 0 Å². The highest BCUT2D eigenvalue weighted by atomic mass is 19.1. The summed E-state index contributed by atoms with van der Waals surface area (Å²) in [7, 11) is 0. The van der Waals surface area contributed by atoms with Gasteiger partial charge in [-0.1, -0.05) is 18.2 Å². The van der Waals surface area contributed by atoms with Gasteiger partial charge in [-0.3, -0.25) is 4.68 Å². The number of para-hydroxylation sites is 1. The quantitative estimate of drug-likeness (QED) is 0.902. The molecule has 18 heavy (non-hydrogen) atoms. The lowest BCUT2D eigenvalue weighted by Gasteiger charge is -2.16. The van der Waals surface area contributed by atoms with Crippen molar-refractivity contribution < 1.29 is 4.39 Å². The van der Waals surface area contributed by atoms with E-state index < -0.39 is 5.67 Å². The maximum absolute atomic E-state index is 14.5. The van der Waals surface area contributed by atoms with Gasteiger partial charge in [0.25, 0.3) is 0 Å². The van der Waals surface area contributed by atoms with Crippen LogP contribution >= 0.6 is 0 Å². The van der Waals surface area contributed by atoms with Crippen LogP contribution in [0.3, 0.4) is 0 Å². The maximum Gasteiger partial charge on any atom is 0.130 e. The van der Waals surface area contributed by atoms with E-state index in [0.29, 0.717) is 19.4 Å². The van der Waals surface area contributed by atoms with Crippen LogP contribution in [0, 0.1) is 0 Å². The molecule has 1 unspecified atom stereocenters. The summed E-state index contributed by atoms with van der Waals surface area (Å²) >= 11 is 0. The Morgan fingerprint density at radius 3 is 3.00 bits per heavy atom. The third-order valence-electron chi connectivity index (χ3n) is 3.71. The van der Waals surface area contributed by atoms with Gasteiger partial charge in [-0.15, -0.1) is 0 Å². The first-order valence-corrected chi connectivity index (χ1v) is 6.56. The van der Waals surface area contributed by atoms with Crippen molar-refractivity contribution in [3.63, 3.8) is 0 Å². The molecule has 1 fully saturated rings. The molecule has 3 nitrogen and oxygen atoms in total. The molecular weight excluding hydrogens is 229 g/mol. The number of benzene rings is 1. The first-order valence-electron chi connectivity index (χ1n) is 6.56. The van der Waals surface area contributed by atoms with E-state index in [2.05, 4.69) is 17.3 Å². The molecule has 4 heteroatoms. The molecule has 0 radical (unpaired) electrons. The SMILES string of the molecule is CCn1nc(CC2(F)CCNC2)c2ccccc21. The zero-order valence-electron chi connectivity index (χ0n) is 10.6. The van der Waals surface area contributed by atoms with Crippen molar-refractivity contribution in [2.45, 2.75) is 32.0 Å². The molecule has 1 atom stereocenters. The number of alkyl halides is 1. The van der Waals surface area contributed by atoms with Crippen LogP contribution < -0.4 is 5.32 Å². The minimum absolute atomic E-state index is 0.410. The second kappa shape index (κ2) is 4.35. The minimum Gasteiger partial charge on any atom is -0.313 e. The lowest BCUT2D eigenvalue weighted by atomic mass is 9.97. The molecule has 1 aromatic heterocycles. The number of nitrogens with one attached hydrogen (secondary N) is 1. The Bertz CT molecular complexity index is 555. The molecule has 0 aliphatic carbocycles. The molecule has 2 aromatic rings. The van der Waals surface area contributed by atoms with E-state index in [1.165, 1.54) is 0 Å². The predicted octanol–water partition coefficient (Wildman–Crippen LogP) is 2.30. The van der Waals surface area contributed by atoms with Crippen LogP contribution in [0.4, 0.5) is 4.39 Å². The molecule has 1 aliphatic heterocycles. The Morgan fingerprint density at radius 2 is 2.28 bits per heavy atom. The summed E-state index contributed by atoms with van der Waals surface area (Å²) in [6, 6.07) is 8.08. The Morgan fingerprint density at radius 1 is 1.44 bits per heavy atom. The summed E-state index contributed by atoms with van der Waals surface area (Å²) in [5.74, 6) is 0. The van der Waals surface area contributed by atoms with Crippen LogP contribution in [0.25, 0.3) is 10.9 Å². The van der Waals surface area contributed by atoms with Crippen molar-refractivity contribution in [2.24, 2.45) is 0 Å². The number of aromatic nitrogens is 2. The van der Waals surface area contributed by atoms with Crippen LogP contribution in [-0.4, -0.2) is 28.5 Å². The summed E-state index contributed by atoms with van der Waals surface area (Å²) in [5.41, 5.74) is 0.860. The van der Waals surface area contributed by atoms with Crippen LogP contribution in [0.2, 0.25) is 0 Å².